The van der Waals surface area contributed by atoms with E-state index in [1.807, 2.05) is 0 Å². The minimum absolute atomic E-state index is 0.00159. The van der Waals surface area contributed by atoms with E-state index in [2.05, 4.69) is 4.99 Å². The fraction of sp³-hybridized carbons (Fsp3) is 0.100. The average molecular weight is 383 g/mol. The van der Waals surface area contributed by atoms with Gasteiger partial charge in [0.1, 0.15) is 5.82 Å². The van der Waals surface area contributed by atoms with E-state index in [0.717, 1.165) is 0 Å². The predicted octanol–water partition coefficient (Wildman–Crippen LogP) is 3.02. The van der Waals surface area contributed by atoms with Crippen LogP contribution < -0.4 is 9.47 Å². The van der Waals surface area contributed by atoms with Gasteiger partial charge in [-0.1, -0.05) is 18.2 Å². The van der Waals surface area contributed by atoms with Gasteiger partial charge in [-0.3, -0.25) is 9.59 Å². The van der Waals surface area contributed by atoms with Crippen LogP contribution in [-0.2, 0) is 19.1 Å². The quantitative estimate of drug-likeness (QED) is 0.458. The summed E-state index contributed by atoms with van der Waals surface area (Å²) in [6, 6.07) is 10.1. The van der Waals surface area contributed by atoms with Gasteiger partial charge in [-0.2, -0.15) is 0 Å². The molecule has 0 unspecified atom stereocenters. The van der Waals surface area contributed by atoms with Gasteiger partial charge in [-0.15, -0.1) is 0 Å². The number of halogens is 1. The minimum atomic E-state index is -0.753. The maximum absolute atomic E-state index is 13.9. The number of carbonyl (C=O) groups excluding carboxylic acids is 3. The van der Waals surface area contributed by atoms with Crippen molar-refractivity contribution in [2.24, 2.45) is 4.99 Å². The molecular weight excluding hydrogens is 369 g/mol. The molecule has 2 aromatic carbocycles. The molecule has 0 aromatic heterocycles. The van der Waals surface area contributed by atoms with Gasteiger partial charge in [0, 0.05) is 13.8 Å². The van der Waals surface area contributed by atoms with Crippen molar-refractivity contribution in [2.75, 3.05) is 0 Å². The highest BCUT2D eigenvalue weighted by Gasteiger charge is 2.26. The highest BCUT2D eigenvalue weighted by molar-refractivity contribution is 6.13. The number of carbonyl (C=O) groups is 3. The molecular formula is C20H14FNO6. The van der Waals surface area contributed by atoms with Crippen LogP contribution in [0.2, 0.25) is 0 Å². The van der Waals surface area contributed by atoms with E-state index >= 15 is 0 Å². The summed E-state index contributed by atoms with van der Waals surface area (Å²) < 4.78 is 28.9. The number of cyclic esters (lactones) is 1. The molecule has 0 radical (unpaired) electrons. The fourth-order valence-corrected chi connectivity index (χ4v) is 2.41. The second-order valence-electron chi connectivity index (χ2n) is 5.71. The summed E-state index contributed by atoms with van der Waals surface area (Å²) in [6.07, 6.45) is 1.38. The first-order valence-electron chi connectivity index (χ1n) is 8.12. The number of nitrogens with zero attached hydrogens (tertiary/aromatic N) is 1. The normalized spacial score (nSPS) is 14.5. The SMILES string of the molecule is CC(=O)Oc1ccc(/C=C2\N=C(c3ccccc3F)OC2=O)cc1OC(C)=O. The molecule has 1 heterocycles. The summed E-state index contributed by atoms with van der Waals surface area (Å²) in [5.74, 6) is -2.62. The maximum atomic E-state index is 13.9. The number of hydrogen-bond donors (Lipinski definition) is 0. The molecule has 0 saturated carbocycles. The first-order chi connectivity index (χ1) is 13.3. The van der Waals surface area contributed by atoms with Gasteiger partial charge in [0.15, 0.2) is 17.2 Å². The third-order valence-corrected chi connectivity index (χ3v) is 3.50. The molecule has 1 aliphatic heterocycles. The zero-order valence-corrected chi connectivity index (χ0v) is 14.9. The Kier molecular flexibility index (Phi) is 5.30. The first kappa shape index (κ1) is 19.0. The van der Waals surface area contributed by atoms with Crippen molar-refractivity contribution in [3.05, 3.63) is 65.1 Å². The van der Waals surface area contributed by atoms with Gasteiger partial charge < -0.3 is 14.2 Å². The molecule has 0 saturated heterocycles. The van der Waals surface area contributed by atoms with Crippen LogP contribution in [0.5, 0.6) is 11.5 Å². The molecule has 0 spiro atoms. The Balaban J connectivity index is 1.96. The van der Waals surface area contributed by atoms with E-state index in [9.17, 15) is 18.8 Å². The molecule has 0 amide bonds. The number of hydrogen-bond acceptors (Lipinski definition) is 7. The molecule has 0 aliphatic carbocycles. The van der Waals surface area contributed by atoms with Crippen LogP contribution in [0.3, 0.4) is 0 Å². The Morgan fingerprint density at radius 1 is 1.04 bits per heavy atom. The molecule has 0 N–H and O–H groups in total. The Bertz CT molecular complexity index is 1040. The van der Waals surface area contributed by atoms with Crippen molar-refractivity contribution in [2.45, 2.75) is 13.8 Å². The first-order valence-corrected chi connectivity index (χ1v) is 8.12. The Labute approximate surface area is 159 Å². The average Bonchev–Trinajstić information content (AvgIpc) is 2.97. The second-order valence-corrected chi connectivity index (χ2v) is 5.71. The third kappa shape index (κ3) is 4.29. The van der Waals surface area contributed by atoms with Gasteiger partial charge in [-0.05, 0) is 35.9 Å². The molecule has 142 valence electrons. The topological polar surface area (TPSA) is 91.3 Å². The van der Waals surface area contributed by atoms with Crippen molar-refractivity contribution < 1.29 is 33.0 Å². The van der Waals surface area contributed by atoms with E-state index in [4.69, 9.17) is 14.2 Å². The molecule has 2 aromatic rings. The van der Waals surface area contributed by atoms with Crippen LogP contribution >= 0.6 is 0 Å². The number of aliphatic imine (C=N–C) groups is 1. The van der Waals surface area contributed by atoms with Crippen LogP contribution in [0.4, 0.5) is 4.39 Å². The summed E-state index contributed by atoms with van der Waals surface area (Å²) in [4.78, 5) is 38.5. The summed E-state index contributed by atoms with van der Waals surface area (Å²) in [7, 11) is 0. The Morgan fingerprint density at radius 2 is 1.71 bits per heavy atom. The molecule has 0 bridgehead atoms. The van der Waals surface area contributed by atoms with Gasteiger partial charge in [0.05, 0.1) is 5.56 Å². The third-order valence-electron chi connectivity index (χ3n) is 3.50. The van der Waals surface area contributed by atoms with Gasteiger partial charge in [0.2, 0.25) is 5.90 Å². The monoisotopic (exact) mass is 383 g/mol. The van der Waals surface area contributed by atoms with Crippen molar-refractivity contribution in [3.8, 4) is 11.5 Å². The zero-order valence-electron chi connectivity index (χ0n) is 14.9. The standard InChI is InChI=1S/C20H14FNO6/c1-11(23)26-17-8-7-13(10-18(17)27-12(2)24)9-16-20(25)28-19(22-16)14-5-3-4-6-15(14)21/h3-10H,1-2H3/b16-9-. The Morgan fingerprint density at radius 3 is 2.39 bits per heavy atom. The van der Waals surface area contributed by atoms with Crippen molar-refractivity contribution in [3.63, 3.8) is 0 Å². The number of esters is 3. The van der Waals surface area contributed by atoms with Crippen molar-refractivity contribution >= 4 is 29.9 Å². The zero-order chi connectivity index (χ0) is 20.3. The van der Waals surface area contributed by atoms with E-state index in [1.54, 1.807) is 6.07 Å². The smallest absolute Gasteiger partial charge is 0.363 e. The van der Waals surface area contributed by atoms with Gasteiger partial charge in [-0.25, -0.2) is 14.2 Å². The van der Waals surface area contributed by atoms with Crippen molar-refractivity contribution in [1.82, 2.24) is 0 Å². The predicted molar refractivity (Wildman–Crippen MR) is 96.1 cm³/mol. The van der Waals surface area contributed by atoms with Crippen LogP contribution in [0.15, 0.2) is 53.2 Å². The molecule has 0 atom stereocenters. The summed E-state index contributed by atoms with van der Waals surface area (Å²) in [5, 5.41) is 0. The largest absolute Gasteiger partial charge is 0.423 e. The van der Waals surface area contributed by atoms with E-state index in [1.165, 1.54) is 56.3 Å². The van der Waals surface area contributed by atoms with Crippen LogP contribution in [0, 0.1) is 5.82 Å². The van der Waals surface area contributed by atoms with E-state index in [0.29, 0.717) is 5.56 Å². The molecule has 7 nitrogen and oxygen atoms in total. The maximum Gasteiger partial charge on any atom is 0.363 e. The van der Waals surface area contributed by atoms with Crippen LogP contribution in [-0.4, -0.2) is 23.8 Å². The summed E-state index contributed by atoms with van der Waals surface area (Å²) >= 11 is 0. The van der Waals surface area contributed by atoms with E-state index in [-0.39, 0.29) is 28.7 Å². The van der Waals surface area contributed by atoms with Crippen LogP contribution in [0.25, 0.3) is 6.08 Å². The lowest BCUT2D eigenvalue weighted by Crippen LogP contribution is -2.07. The van der Waals surface area contributed by atoms with Gasteiger partial charge in [0.25, 0.3) is 0 Å². The van der Waals surface area contributed by atoms with Gasteiger partial charge >= 0.3 is 17.9 Å². The molecule has 1 aliphatic rings. The molecule has 3 rings (SSSR count). The fourth-order valence-electron chi connectivity index (χ4n) is 2.41. The van der Waals surface area contributed by atoms with E-state index < -0.39 is 23.7 Å². The highest BCUT2D eigenvalue weighted by Crippen LogP contribution is 2.30. The lowest BCUT2D eigenvalue weighted by Gasteiger charge is -2.09. The lowest BCUT2D eigenvalue weighted by molar-refractivity contribution is -0.134. The second kappa shape index (κ2) is 7.83. The highest BCUT2D eigenvalue weighted by atomic mass is 19.1. The lowest BCUT2D eigenvalue weighted by atomic mass is 10.1. The number of benzene rings is 2. The molecule has 28 heavy (non-hydrogen) atoms. The summed E-state index contributed by atoms with van der Waals surface area (Å²) in [6.45, 7) is 2.41. The van der Waals surface area contributed by atoms with Crippen molar-refractivity contribution in [1.29, 1.82) is 0 Å². The molecule has 0 fully saturated rings. The Hall–Kier alpha value is -3.81. The summed E-state index contributed by atoms with van der Waals surface area (Å²) in [5.41, 5.74) is 0.426. The minimum Gasteiger partial charge on any atom is -0.423 e. The van der Waals surface area contributed by atoms with Crippen LogP contribution in [0.1, 0.15) is 25.0 Å². The molecule has 8 heteroatoms. The number of rotatable bonds is 4. The number of ether oxygens (including phenoxy) is 3.